The summed E-state index contributed by atoms with van der Waals surface area (Å²) in [7, 11) is 0. The molecule has 0 atom stereocenters. The second-order valence-electron chi connectivity index (χ2n) is 3.67. The standard InChI is InChI=1S/C15H13O/c16-12-6-10-14-9-4-5-11-15(14)13-7-2-1-3-8-13/h1-5,7-9,11H,6,10H2. The van der Waals surface area contributed by atoms with Crippen LogP contribution in [0.4, 0.5) is 0 Å². The van der Waals surface area contributed by atoms with Crippen molar-refractivity contribution in [2.75, 3.05) is 0 Å². The molecular weight excluding hydrogens is 196 g/mol. The number of benzene rings is 2. The van der Waals surface area contributed by atoms with Crippen LogP contribution in [0.1, 0.15) is 12.0 Å². The molecule has 0 aliphatic heterocycles. The van der Waals surface area contributed by atoms with Crippen LogP contribution in [0.25, 0.3) is 11.1 Å². The van der Waals surface area contributed by atoms with Crippen LogP contribution in [0, 0.1) is 0 Å². The smallest absolute Gasteiger partial charge is 0.198 e. The summed E-state index contributed by atoms with van der Waals surface area (Å²) in [6.45, 7) is 0. The summed E-state index contributed by atoms with van der Waals surface area (Å²) in [5.74, 6) is 0. The van der Waals surface area contributed by atoms with E-state index in [1.807, 2.05) is 36.6 Å². The lowest BCUT2D eigenvalue weighted by molar-refractivity contribution is 0.551. The molecule has 0 aromatic heterocycles. The first-order chi connectivity index (χ1) is 7.92. The molecule has 0 fully saturated rings. The van der Waals surface area contributed by atoms with E-state index in [0.29, 0.717) is 6.42 Å². The second-order valence-corrected chi connectivity index (χ2v) is 3.67. The van der Waals surface area contributed by atoms with Gasteiger partial charge in [0.2, 0.25) is 0 Å². The molecule has 2 aromatic carbocycles. The van der Waals surface area contributed by atoms with Gasteiger partial charge < -0.3 is 0 Å². The average molecular weight is 209 g/mol. The summed E-state index contributed by atoms with van der Waals surface area (Å²) in [6.07, 6.45) is 3.17. The molecule has 16 heavy (non-hydrogen) atoms. The van der Waals surface area contributed by atoms with Crippen molar-refractivity contribution < 1.29 is 4.79 Å². The topological polar surface area (TPSA) is 17.1 Å². The van der Waals surface area contributed by atoms with Gasteiger partial charge in [0.25, 0.3) is 0 Å². The molecular formula is C15H13O. The second kappa shape index (κ2) is 5.26. The molecule has 0 spiro atoms. The van der Waals surface area contributed by atoms with Crippen LogP contribution >= 0.6 is 0 Å². The van der Waals surface area contributed by atoms with E-state index in [4.69, 9.17) is 0 Å². The van der Waals surface area contributed by atoms with Crippen LogP contribution in [0.15, 0.2) is 54.6 Å². The van der Waals surface area contributed by atoms with Gasteiger partial charge in [-0.25, -0.2) is 0 Å². The largest absolute Gasteiger partial charge is 0.291 e. The molecule has 0 N–H and O–H groups in total. The Bertz CT molecular complexity index is 460. The predicted molar refractivity (Wildman–Crippen MR) is 65.9 cm³/mol. The Hall–Kier alpha value is -1.89. The van der Waals surface area contributed by atoms with Crippen LogP contribution in [-0.2, 0) is 11.2 Å². The highest BCUT2D eigenvalue weighted by molar-refractivity contribution is 5.67. The first kappa shape index (κ1) is 10.6. The first-order valence-electron chi connectivity index (χ1n) is 5.40. The molecule has 2 aromatic rings. The summed E-state index contributed by atoms with van der Waals surface area (Å²) >= 11 is 0. The fourth-order valence-corrected chi connectivity index (χ4v) is 1.82. The highest BCUT2D eigenvalue weighted by atomic mass is 16.1. The van der Waals surface area contributed by atoms with Crippen LogP contribution in [0.3, 0.4) is 0 Å². The Morgan fingerprint density at radius 2 is 1.56 bits per heavy atom. The Morgan fingerprint density at radius 1 is 0.875 bits per heavy atom. The molecule has 1 nitrogen and oxygen atoms in total. The van der Waals surface area contributed by atoms with Gasteiger partial charge in [-0.2, -0.15) is 0 Å². The lowest BCUT2D eigenvalue weighted by Crippen LogP contribution is -1.90. The van der Waals surface area contributed by atoms with E-state index >= 15 is 0 Å². The first-order valence-corrected chi connectivity index (χ1v) is 5.40. The van der Waals surface area contributed by atoms with E-state index < -0.39 is 0 Å². The lowest BCUT2D eigenvalue weighted by Gasteiger charge is -2.07. The number of aryl methyl sites for hydroxylation is 1. The minimum atomic E-state index is 0.462. The van der Waals surface area contributed by atoms with E-state index in [1.54, 1.807) is 0 Å². The molecule has 2 rings (SSSR count). The van der Waals surface area contributed by atoms with Gasteiger partial charge >= 0.3 is 0 Å². The fraction of sp³-hybridized carbons (Fsp3) is 0.133. The van der Waals surface area contributed by atoms with Crippen molar-refractivity contribution in [1.29, 1.82) is 0 Å². The Balaban J connectivity index is 2.36. The zero-order valence-corrected chi connectivity index (χ0v) is 9.02. The summed E-state index contributed by atoms with van der Waals surface area (Å²) < 4.78 is 0. The van der Waals surface area contributed by atoms with E-state index in [0.717, 1.165) is 6.42 Å². The van der Waals surface area contributed by atoms with Gasteiger partial charge in [0.05, 0.1) is 0 Å². The molecule has 0 aliphatic carbocycles. The van der Waals surface area contributed by atoms with Gasteiger partial charge in [-0.3, -0.25) is 4.79 Å². The van der Waals surface area contributed by atoms with Gasteiger partial charge in [0, 0.05) is 6.42 Å². The summed E-state index contributed by atoms with van der Waals surface area (Å²) in [5.41, 5.74) is 3.61. The maximum atomic E-state index is 10.3. The predicted octanol–water partition coefficient (Wildman–Crippen LogP) is 3.40. The number of carbonyl (C=O) groups excluding carboxylic acids is 1. The Labute approximate surface area is 95.7 Å². The molecule has 0 aliphatic rings. The lowest BCUT2D eigenvalue weighted by atomic mass is 9.97. The van der Waals surface area contributed by atoms with Crippen molar-refractivity contribution in [3.05, 3.63) is 60.2 Å². The quantitative estimate of drug-likeness (QED) is 0.754. The monoisotopic (exact) mass is 209 g/mol. The number of rotatable bonds is 4. The maximum absolute atomic E-state index is 10.3. The Kier molecular flexibility index (Phi) is 3.50. The van der Waals surface area contributed by atoms with Crippen molar-refractivity contribution in [3.63, 3.8) is 0 Å². The van der Waals surface area contributed by atoms with Crippen LogP contribution in [0.2, 0.25) is 0 Å². The van der Waals surface area contributed by atoms with Crippen molar-refractivity contribution in [2.24, 2.45) is 0 Å². The molecule has 79 valence electrons. The molecule has 0 heterocycles. The van der Waals surface area contributed by atoms with Crippen molar-refractivity contribution in [3.8, 4) is 11.1 Å². The minimum absolute atomic E-state index is 0.462. The third-order valence-electron chi connectivity index (χ3n) is 2.60. The number of hydrogen-bond acceptors (Lipinski definition) is 1. The van der Waals surface area contributed by atoms with E-state index in [1.165, 1.54) is 16.7 Å². The highest BCUT2D eigenvalue weighted by Gasteiger charge is 2.03. The van der Waals surface area contributed by atoms with Crippen molar-refractivity contribution in [1.82, 2.24) is 0 Å². The highest BCUT2D eigenvalue weighted by Crippen LogP contribution is 2.23. The zero-order chi connectivity index (χ0) is 11.2. The molecule has 1 heteroatoms. The summed E-state index contributed by atoms with van der Waals surface area (Å²) in [4.78, 5) is 10.3. The third kappa shape index (κ3) is 2.37. The molecule has 0 amide bonds. The Morgan fingerprint density at radius 3 is 2.31 bits per heavy atom. The van der Waals surface area contributed by atoms with Gasteiger partial charge in [-0.1, -0.05) is 54.6 Å². The van der Waals surface area contributed by atoms with E-state index in [9.17, 15) is 4.79 Å². The SMILES string of the molecule is O=[C]CCc1ccccc1-c1ccccc1. The van der Waals surface area contributed by atoms with Gasteiger partial charge in [0.1, 0.15) is 0 Å². The van der Waals surface area contributed by atoms with Gasteiger partial charge in [0.15, 0.2) is 6.29 Å². The molecule has 1 radical (unpaired) electrons. The molecule has 0 saturated heterocycles. The molecule has 0 saturated carbocycles. The molecule has 0 unspecified atom stereocenters. The van der Waals surface area contributed by atoms with Crippen molar-refractivity contribution >= 4 is 6.29 Å². The van der Waals surface area contributed by atoms with E-state index in [-0.39, 0.29) is 0 Å². The number of hydrogen-bond donors (Lipinski definition) is 0. The zero-order valence-electron chi connectivity index (χ0n) is 9.02. The minimum Gasteiger partial charge on any atom is -0.291 e. The molecule has 0 bridgehead atoms. The summed E-state index contributed by atoms with van der Waals surface area (Å²) in [5, 5.41) is 0. The van der Waals surface area contributed by atoms with Crippen LogP contribution < -0.4 is 0 Å². The van der Waals surface area contributed by atoms with Gasteiger partial charge in [-0.05, 0) is 23.1 Å². The maximum Gasteiger partial charge on any atom is 0.198 e. The average Bonchev–Trinajstić information content (AvgIpc) is 2.38. The third-order valence-corrected chi connectivity index (χ3v) is 2.60. The fourth-order valence-electron chi connectivity index (χ4n) is 1.82. The van der Waals surface area contributed by atoms with Gasteiger partial charge in [-0.15, -0.1) is 0 Å². The normalized spacial score (nSPS) is 10.0. The van der Waals surface area contributed by atoms with E-state index in [2.05, 4.69) is 24.3 Å². The summed E-state index contributed by atoms with van der Waals surface area (Å²) in [6, 6.07) is 18.4. The van der Waals surface area contributed by atoms with Crippen LogP contribution in [0.5, 0.6) is 0 Å². The van der Waals surface area contributed by atoms with Crippen LogP contribution in [-0.4, -0.2) is 6.29 Å². The van der Waals surface area contributed by atoms with Crippen molar-refractivity contribution in [2.45, 2.75) is 12.8 Å².